The van der Waals surface area contributed by atoms with Crippen molar-refractivity contribution < 1.29 is 23.2 Å². The molecular formula is C32H25B2O5P. The molecule has 0 saturated heterocycles. The van der Waals surface area contributed by atoms with E-state index < -0.39 is 33.1 Å². The summed E-state index contributed by atoms with van der Waals surface area (Å²) in [5, 5.41) is 0.664. The molecule has 0 radical (unpaired) electrons. The highest BCUT2D eigenvalue weighted by Gasteiger charge is 2.53. The fourth-order valence-corrected chi connectivity index (χ4v) is 8.67. The predicted molar refractivity (Wildman–Crippen MR) is 159 cm³/mol. The lowest BCUT2D eigenvalue weighted by Gasteiger charge is -2.42. The standard InChI is InChI=1S/C32H25B2O5P/c35-40(26-18-8-3-9-19-26,31-27-20-10-12-22-29(27)36-33(38-31)24-14-4-1-5-15-24)32-28-21-11-13-23-30(28)37-34(39-32)25-16-6-2-7-17-25/h1-23,31-32H/t31-,32+,40?. The van der Waals surface area contributed by atoms with Gasteiger partial charge in [0.1, 0.15) is 23.2 Å². The van der Waals surface area contributed by atoms with Crippen LogP contribution in [0.2, 0.25) is 0 Å². The first kappa shape index (κ1) is 25.0. The van der Waals surface area contributed by atoms with E-state index in [-0.39, 0.29) is 0 Å². The Morgan fingerprint density at radius 3 is 1.30 bits per heavy atom. The fraction of sp³-hybridized carbons (Fsp3) is 0.0625. The van der Waals surface area contributed by atoms with Gasteiger partial charge in [-0.25, -0.2) is 0 Å². The number of rotatable bonds is 5. The van der Waals surface area contributed by atoms with Gasteiger partial charge in [-0.1, -0.05) is 127 Å². The highest BCUT2D eigenvalue weighted by Crippen LogP contribution is 2.71. The third-order valence-corrected chi connectivity index (χ3v) is 10.6. The quantitative estimate of drug-likeness (QED) is 0.212. The molecule has 0 aromatic heterocycles. The maximum Gasteiger partial charge on any atom is 0.563 e. The average Bonchev–Trinajstić information content (AvgIpc) is 3.04. The summed E-state index contributed by atoms with van der Waals surface area (Å²) in [6.07, 6.45) is 0. The van der Waals surface area contributed by atoms with Crippen molar-refractivity contribution >= 4 is 37.6 Å². The van der Waals surface area contributed by atoms with Gasteiger partial charge in [0.25, 0.3) is 0 Å². The number of hydrogen-bond acceptors (Lipinski definition) is 5. The molecule has 5 aromatic carbocycles. The molecule has 5 nitrogen and oxygen atoms in total. The van der Waals surface area contributed by atoms with Crippen LogP contribution in [0.3, 0.4) is 0 Å². The van der Waals surface area contributed by atoms with E-state index in [9.17, 15) is 0 Å². The summed E-state index contributed by atoms with van der Waals surface area (Å²) in [5.41, 5.74) is 3.14. The second-order valence-electron chi connectivity index (χ2n) is 9.82. The number of fused-ring (bicyclic) bond motifs is 2. The summed E-state index contributed by atoms with van der Waals surface area (Å²) in [7, 11) is -5.08. The first-order valence-corrected chi connectivity index (χ1v) is 15.1. The molecule has 0 spiro atoms. The molecule has 2 aliphatic rings. The van der Waals surface area contributed by atoms with Crippen LogP contribution in [0.4, 0.5) is 0 Å². The average molecular weight is 542 g/mol. The normalized spacial score (nSPS) is 19.4. The number of benzene rings is 5. The van der Waals surface area contributed by atoms with Crippen molar-refractivity contribution in [3.8, 4) is 11.5 Å². The van der Waals surface area contributed by atoms with Crippen LogP contribution >= 0.6 is 7.14 Å². The Kier molecular flexibility index (Phi) is 6.57. The molecule has 2 heterocycles. The fourth-order valence-electron chi connectivity index (χ4n) is 5.41. The van der Waals surface area contributed by atoms with E-state index in [0.717, 1.165) is 22.1 Å². The van der Waals surface area contributed by atoms with Crippen molar-refractivity contribution in [2.24, 2.45) is 0 Å². The van der Waals surface area contributed by atoms with E-state index in [1.54, 1.807) is 0 Å². The first-order chi connectivity index (χ1) is 19.7. The Hall–Kier alpha value is -4.02. The van der Waals surface area contributed by atoms with Gasteiger partial charge in [-0.2, -0.15) is 0 Å². The predicted octanol–water partition coefficient (Wildman–Crippen LogP) is 5.68. The molecule has 0 fully saturated rings. The topological polar surface area (TPSA) is 54.0 Å². The molecule has 1 unspecified atom stereocenters. The molecule has 3 atom stereocenters. The largest absolute Gasteiger partial charge is 0.563 e. The zero-order valence-corrected chi connectivity index (χ0v) is 22.5. The number of para-hydroxylation sites is 2. The lowest BCUT2D eigenvalue weighted by molar-refractivity contribution is 0.187. The molecule has 5 aromatic rings. The summed E-state index contributed by atoms with van der Waals surface area (Å²) in [6.45, 7) is 0. The SMILES string of the molecule is O=P(c1ccccc1)([C@@H]1OB(c2ccccc2)Oc2ccccc21)[C@H]1OB(c2ccccc2)Oc2ccccc21. The van der Waals surface area contributed by atoms with Gasteiger partial charge in [0.15, 0.2) is 7.14 Å². The van der Waals surface area contributed by atoms with Crippen LogP contribution in [0.15, 0.2) is 140 Å². The highest BCUT2D eigenvalue weighted by molar-refractivity contribution is 7.72. The van der Waals surface area contributed by atoms with Crippen molar-refractivity contribution in [2.75, 3.05) is 0 Å². The highest BCUT2D eigenvalue weighted by atomic mass is 31.2. The van der Waals surface area contributed by atoms with Crippen LogP contribution in [-0.2, 0) is 13.9 Å². The third-order valence-electron chi connectivity index (χ3n) is 7.34. The molecule has 0 N–H and O–H groups in total. The van der Waals surface area contributed by atoms with E-state index in [1.165, 1.54) is 0 Å². The van der Waals surface area contributed by atoms with Gasteiger partial charge in [0.05, 0.1) is 0 Å². The van der Waals surface area contributed by atoms with Crippen LogP contribution in [0.1, 0.15) is 22.8 Å². The zero-order chi connectivity index (χ0) is 26.9. The molecule has 8 heteroatoms. The van der Waals surface area contributed by atoms with Crippen LogP contribution < -0.4 is 25.5 Å². The van der Waals surface area contributed by atoms with Crippen LogP contribution in [0, 0.1) is 0 Å². The monoisotopic (exact) mass is 542 g/mol. The summed E-state index contributed by atoms with van der Waals surface area (Å²) >= 11 is 0. The Bertz CT molecular complexity index is 1570. The van der Waals surface area contributed by atoms with E-state index >= 15 is 4.57 Å². The first-order valence-electron chi connectivity index (χ1n) is 13.3. The van der Waals surface area contributed by atoms with E-state index in [4.69, 9.17) is 18.6 Å². The Balaban J connectivity index is 1.43. The zero-order valence-electron chi connectivity index (χ0n) is 21.6. The van der Waals surface area contributed by atoms with E-state index in [2.05, 4.69) is 0 Å². The summed E-state index contributed by atoms with van der Waals surface area (Å²) in [6, 6.07) is 44.3. The van der Waals surface area contributed by atoms with Crippen molar-refractivity contribution in [3.63, 3.8) is 0 Å². The Morgan fingerprint density at radius 1 is 0.475 bits per heavy atom. The van der Waals surface area contributed by atoms with E-state index in [0.29, 0.717) is 16.8 Å². The molecule has 0 amide bonds. The van der Waals surface area contributed by atoms with Gasteiger partial charge in [-0.3, -0.25) is 0 Å². The summed E-state index contributed by atoms with van der Waals surface area (Å²) in [4.78, 5) is 0. The van der Waals surface area contributed by atoms with Gasteiger partial charge in [-0.05, 0) is 23.1 Å². The molecule has 0 aliphatic carbocycles. The molecule has 0 bridgehead atoms. The molecule has 2 aliphatic heterocycles. The minimum Gasteiger partial charge on any atom is -0.532 e. The molecule has 40 heavy (non-hydrogen) atoms. The van der Waals surface area contributed by atoms with Crippen LogP contribution in [-0.4, -0.2) is 14.2 Å². The number of hydrogen-bond donors (Lipinski definition) is 0. The minimum atomic E-state index is -3.61. The Labute approximate surface area is 234 Å². The van der Waals surface area contributed by atoms with Gasteiger partial charge in [0, 0.05) is 16.4 Å². The van der Waals surface area contributed by atoms with Gasteiger partial charge in [0.2, 0.25) is 0 Å². The molecule has 194 valence electrons. The van der Waals surface area contributed by atoms with Crippen LogP contribution in [0.5, 0.6) is 11.5 Å². The lowest BCUT2D eigenvalue weighted by atomic mass is 9.77. The van der Waals surface area contributed by atoms with Crippen molar-refractivity contribution in [2.45, 2.75) is 11.7 Å². The van der Waals surface area contributed by atoms with Crippen LogP contribution in [0.25, 0.3) is 0 Å². The van der Waals surface area contributed by atoms with Crippen molar-refractivity contribution in [1.29, 1.82) is 0 Å². The maximum atomic E-state index is 16.0. The molecule has 0 saturated carbocycles. The van der Waals surface area contributed by atoms with E-state index in [1.807, 2.05) is 140 Å². The second-order valence-corrected chi connectivity index (χ2v) is 12.7. The minimum absolute atomic E-state index is 0.642. The van der Waals surface area contributed by atoms with Gasteiger partial charge >= 0.3 is 14.2 Å². The molecular weight excluding hydrogens is 517 g/mol. The molecule has 7 rings (SSSR count). The van der Waals surface area contributed by atoms with Crippen molar-refractivity contribution in [3.05, 3.63) is 151 Å². The van der Waals surface area contributed by atoms with Gasteiger partial charge < -0.3 is 23.2 Å². The smallest absolute Gasteiger partial charge is 0.532 e. The van der Waals surface area contributed by atoms with Crippen molar-refractivity contribution in [1.82, 2.24) is 0 Å². The second kappa shape index (κ2) is 10.5. The summed E-state index contributed by atoms with van der Waals surface area (Å²) in [5.74, 6) is -0.386. The maximum absolute atomic E-state index is 16.0. The lowest BCUT2D eigenvalue weighted by Crippen LogP contribution is -2.46. The van der Waals surface area contributed by atoms with Gasteiger partial charge in [-0.15, -0.1) is 0 Å². The third kappa shape index (κ3) is 4.37. The Morgan fingerprint density at radius 2 is 0.850 bits per heavy atom. The summed E-state index contributed by atoms with van der Waals surface area (Å²) < 4.78 is 42.1.